The minimum Gasteiger partial charge on any atom is -0.477 e. The van der Waals surface area contributed by atoms with E-state index in [9.17, 15) is 4.79 Å². The van der Waals surface area contributed by atoms with Crippen molar-refractivity contribution in [2.75, 3.05) is 6.73 Å². The monoisotopic (exact) mass is 287 g/mol. The third kappa shape index (κ3) is 3.12. The standard InChI is InChI=1S/C18H25NO2/c1-13(2)11-16-14(3)21-12-19(17(16)20)18(4,5)15-9-7-6-8-10-15/h6-10,13H,11-12H2,1-5H3. The van der Waals surface area contributed by atoms with Gasteiger partial charge in [0.1, 0.15) is 5.76 Å². The summed E-state index contributed by atoms with van der Waals surface area (Å²) >= 11 is 0. The average Bonchev–Trinajstić information content (AvgIpc) is 2.44. The summed E-state index contributed by atoms with van der Waals surface area (Å²) in [4.78, 5) is 14.7. The van der Waals surface area contributed by atoms with Gasteiger partial charge in [-0.3, -0.25) is 9.69 Å². The maximum atomic E-state index is 12.9. The molecule has 0 unspecified atom stereocenters. The maximum Gasteiger partial charge on any atom is 0.256 e. The molecule has 0 atom stereocenters. The second-order valence-electron chi connectivity index (χ2n) is 6.56. The van der Waals surface area contributed by atoms with E-state index in [-0.39, 0.29) is 11.4 Å². The Kier molecular flexibility index (Phi) is 4.40. The van der Waals surface area contributed by atoms with Gasteiger partial charge in [0.15, 0.2) is 6.73 Å². The highest BCUT2D eigenvalue weighted by molar-refractivity contribution is 5.95. The van der Waals surface area contributed by atoms with Crippen LogP contribution in [-0.4, -0.2) is 17.5 Å². The number of hydrogen-bond acceptors (Lipinski definition) is 2. The van der Waals surface area contributed by atoms with Crippen molar-refractivity contribution in [1.82, 2.24) is 4.90 Å². The van der Waals surface area contributed by atoms with Crippen LogP contribution in [0.5, 0.6) is 0 Å². The molecule has 1 aliphatic heterocycles. The molecule has 0 saturated heterocycles. The Morgan fingerprint density at radius 3 is 2.43 bits per heavy atom. The van der Waals surface area contributed by atoms with Crippen molar-refractivity contribution in [3.05, 3.63) is 47.2 Å². The lowest BCUT2D eigenvalue weighted by atomic mass is 9.90. The Labute approximate surface area is 127 Å². The van der Waals surface area contributed by atoms with E-state index in [0.29, 0.717) is 12.6 Å². The van der Waals surface area contributed by atoms with Crippen LogP contribution >= 0.6 is 0 Å². The third-order valence-electron chi connectivity index (χ3n) is 4.11. The molecule has 1 aromatic carbocycles. The summed E-state index contributed by atoms with van der Waals surface area (Å²) in [5.74, 6) is 1.30. The number of ether oxygens (including phenoxy) is 1. The minimum absolute atomic E-state index is 0.0984. The van der Waals surface area contributed by atoms with E-state index < -0.39 is 0 Å². The molecular formula is C18H25NO2. The predicted octanol–water partition coefficient (Wildman–Crippen LogP) is 4.06. The van der Waals surface area contributed by atoms with Crippen LogP contribution in [0.25, 0.3) is 0 Å². The zero-order chi connectivity index (χ0) is 15.6. The molecule has 0 bridgehead atoms. The highest BCUT2D eigenvalue weighted by Gasteiger charge is 2.37. The Morgan fingerprint density at radius 1 is 1.24 bits per heavy atom. The van der Waals surface area contributed by atoms with Gasteiger partial charge >= 0.3 is 0 Å². The molecule has 0 N–H and O–H groups in total. The normalized spacial score (nSPS) is 16.5. The van der Waals surface area contributed by atoms with Gasteiger partial charge in [0.05, 0.1) is 11.1 Å². The minimum atomic E-state index is -0.388. The van der Waals surface area contributed by atoms with Crippen LogP contribution in [-0.2, 0) is 15.1 Å². The van der Waals surface area contributed by atoms with Crippen LogP contribution in [0, 0.1) is 5.92 Å². The van der Waals surface area contributed by atoms with Crippen LogP contribution < -0.4 is 0 Å². The fourth-order valence-electron chi connectivity index (χ4n) is 2.68. The highest BCUT2D eigenvalue weighted by atomic mass is 16.5. The van der Waals surface area contributed by atoms with Gasteiger partial charge in [0.25, 0.3) is 5.91 Å². The number of nitrogens with zero attached hydrogens (tertiary/aromatic N) is 1. The van der Waals surface area contributed by atoms with E-state index in [1.807, 2.05) is 30.0 Å². The topological polar surface area (TPSA) is 29.5 Å². The zero-order valence-electron chi connectivity index (χ0n) is 13.6. The molecule has 114 valence electrons. The first kappa shape index (κ1) is 15.6. The molecule has 1 amide bonds. The van der Waals surface area contributed by atoms with Gasteiger partial charge in [-0.2, -0.15) is 0 Å². The van der Waals surface area contributed by atoms with E-state index in [1.54, 1.807) is 0 Å². The number of amides is 1. The summed E-state index contributed by atoms with van der Waals surface area (Å²) < 4.78 is 5.77. The summed E-state index contributed by atoms with van der Waals surface area (Å²) in [5, 5.41) is 0. The number of carbonyl (C=O) groups excluding carboxylic acids is 1. The predicted molar refractivity (Wildman–Crippen MR) is 84.4 cm³/mol. The van der Waals surface area contributed by atoms with Crippen LogP contribution in [0.1, 0.15) is 46.6 Å². The summed E-state index contributed by atoms with van der Waals surface area (Å²) in [6.07, 6.45) is 0.756. The summed E-state index contributed by atoms with van der Waals surface area (Å²) in [6, 6.07) is 10.1. The van der Waals surface area contributed by atoms with Crippen molar-refractivity contribution >= 4 is 5.91 Å². The van der Waals surface area contributed by atoms with Crippen LogP contribution in [0.3, 0.4) is 0 Å². The molecule has 0 saturated carbocycles. The van der Waals surface area contributed by atoms with E-state index in [4.69, 9.17) is 4.74 Å². The number of allylic oxidation sites excluding steroid dienone is 1. The second-order valence-corrected chi connectivity index (χ2v) is 6.56. The molecule has 0 radical (unpaired) electrons. The Hall–Kier alpha value is -1.77. The molecule has 3 nitrogen and oxygen atoms in total. The van der Waals surface area contributed by atoms with Gasteiger partial charge in [-0.05, 0) is 38.7 Å². The molecule has 1 heterocycles. The quantitative estimate of drug-likeness (QED) is 0.836. The van der Waals surface area contributed by atoms with Crippen molar-refractivity contribution in [2.24, 2.45) is 5.92 Å². The summed E-state index contributed by atoms with van der Waals surface area (Å²) in [7, 11) is 0. The lowest BCUT2D eigenvalue weighted by Crippen LogP contribution is -2.49. The van der Waals surface area contributed by atoms with Crippen LogP contribution in [0.2, 0.25) is 0 Å². The molecule has 1 aromatic rings. The van der Waals surface area contributed by atoms with Gasteiger partial charge in [-0.1, -0.05) is 44.2 Å². The smallest absolute Gasteiger partial charge is 0.256 e. The van der Waals surface area contributed by atoms with Crippen molar-refractivity contribution in [3.8, 4) is 0 Å². The van der Waals surface area contributed by atoms with E-state index >= 15 is 0 Å². The van der Waals surface area contributed by atoms with E-state index in [1.165, 1.54) is 0 Å². The Balaban J connectivity index is 2.32. The first-order valence-corrected chi connectivity index (χ1v) is 7.54. The van der Waals surface area contributed by atoms with Gasteiger partial charge in [0, 0.05) is 0 Å². The molecule has 0 aromatic heterocycles. The van der Waals surface area contributed by atoms with Crippen molar-refractivity contribution in [1.29, 1.82) is 0 Å². The lowest BCUT2D eigenvalue weighted by Gasteiger charge is -2.42. The second kappa shape index (κ2) is 5.92. The van der Waals surface area contributed by atoms with Gasteiger partial charge in [-0.15, -0.1) is 0 Å². The molecule has 2 rings (SSSR count). The zero-order valence-corrected chi connectivity index (χ0v) is 13.6. The highest BCUT2D eigenvalue weighted by Crippen LogP contribution is 2.33. The molecule has 0 spiro atoms. The SMILES string of the molecule is CC1=C(CC(C)C)C(=O)N(C(C)(C)c2ccccc2)CO1. The van der Waals surface area contributed by atoms with Crippen LogP contribution in [0.15, 0.2) is 41.7 Å². The first-order chi connectivity index (χ1) is 9.84. The fourth-order valence-corrected chi connectivity index (χ4v) is 2.68. The largest absolute Gasteiger partial charge is 0.477 e. The Bertz CT molecular complexity index is 544. The number of hydrogen-bond donors (Lipinski definition) is 0. The van der Waals surface area contributed by atoms with E-state index in [0.717, 1.165) is 23.3 Å². The summed E-state index contributed by atoms with van der Waals surface area (Å²) in [5.41, 5.74) is 1.53. The van der Waals surface area contributed by atoms with Gasteiger partial charge < -0.3 is 4.74 Å². The first-order valence-electron chi connectivity index (χ1n) is 7.54. The molecule has 0 fully saturated rings. The molecule has 21 heavy (non-hydrogen) atoms. The average molecular weight is 287 g/mol. The summed E-state index contributed by atoms with van der Waals surface area (Å²) in [6.45, 7) is 10.6. The molecule has 3 heteroatoms. The van der Waals surface area contributed by atoms with Crippen molar-refractivity contribution in [3.63, 3.8) is 0 Å². The van der Waals surface area contributed by atoms with Gasteiger partial charge in [-0.25, -0.2) is 0 Å². The molecular weight excluding hydrogens is 262 g/mol. The molecule has 0 aliphatic carbocycles. The fraction of sp³-hybridized carbons (Fsp3) is 0.500. The number of benzene rings is 1. The number of rotatable bonds is 4. The number of carbonyl (C=O) groups is 1. The lowest BCUT2D eigenvalue weighted by molar-refractivity contribution is -0.143. The van der Waals surface area contributed by atoms with Crippen molar-refractivity contribution < 1.29 is 9.53 Å². The van der Waals surface area contributed by atoms with E-state index in [2.05, 4.69) is 39.8 Å². The molecule has 1 aliphatic rings. The maximum absolute atomic E-state index is 12.9. The Morgan fingerprint density at radius 2 is 1.86 bits per heavy atom. The van der Waals surface area contributed by atoms with Crippen molar-refractivity contribution in [2.45, 2.75) is 46.6 Å². The third-order valence-corrected chi connectivity index (χ3v) is 4.11. The van der Waals surface area contributed by atoms with Gasteiger partial charge in [0.2, 0.25) is 0 Å². The van der Waals surface area contributed by atoms with Crippen LogP contribution in [0.4, 0.5) is 0 Å².